The molecule has 120 valence electrons. The van der Waals surface area contributed by atoms with Gasteiger partial charge in [0, 0.05) is 12.3 Å². The molecule has 0 saturated heterocycles. The number of nitrogens with one attached hydrogen (secondary N) is 1. The molecule has 0 saturated carbocycles. The van der Waals surface area contributed by atoms with Crippen molar-refractivity contribution in [3.63, 3.8) is 0 Å². The highest BCUT2D eigenvalue weighted by Crippen LogP contribution is 2.25. The number of aryl methyl sites for hydroxylation is 1. The summed E-state index contributed by atoms with van der Waals surface area (Å²) in [7, 11) is -4.67. The molecule has 0 heterocycles. The van der Waals surface area contributed by atoms with Gasteiger partial charge in [0.15, 0.2) is 0 Å². The molecular formula is C15H27NO3SSi. The fourth-order valence-corrected chi connectivity index (χ4v) is 4.53. The van der Waals surface area contributed by atoms with Gasteiger partial charge in [0.2, 0.25) is 0 Å². The van der Waals surface area contributed by atoms with Crippen LogP contribution in [0, 0.1) is 6.92 Å². The van der Waals surface area contributed by atoms with Crippen molar-refractivity contribution in [3.05, 3.63) is 29.3 Å². The lowest BCUT2D eigenvalue weighted by Gasteiger charge is -2.27. The van der Waals surface area contributed by atoms with Crippen LogP contribution in [0.4, 0.5) is 0 Å². The lowest BCUT2D eigenvalue weighted by Crippen LogP contribution is -2.45. The molecule has 0 amide bonds. The Hall–Kier alpha value is -0.853. The van der Waals surface area contributed by atoms with Gasteiger partial charge in [-0.05, 0) is 31.0 Å². The highest BCUT2D eigenvalue weighted by molar-refractivity contribution is 7.90. The third-order valence-electron chi connectivity index (χ3n) is 2.99. The van der Waals surface area contributed by atoms with E-state index in [9.17, 15) is 8.42 Å². The summed E-state index contributed by atoms with van der Waals surface area (Å²) in [6.45, 7) is 11.0. The molecule has 0 bridgehead atoms. The van der Waals surface area contributed by atoms with Gasteiger partial charge in [-0.25, -0.2) is 8.42 Å². The summed E-state index contributed by atoms with van der Waals surface area (Å²) in [6, 6.07) is 5.75. The quantitative estimate of drug-likeness (QED) is 0.782. The molecule has 1 unspecified atom stereocenters. The molecule has 0 spiro atoms. The third-order valence-corrected chi connectivity index (χ3v) is 5.14. The van der Waals surface area contributed by atoms with E-state index in [1.165, 1.54) is 6.26 Å². The number of hydrogen-bond acceptors (Lipinski definition) is 4. The summed E-state index contributed by atoms with van der Waals surface area (Å²) < 4.78 is 29.1. The molecular weight excluding hydrogens is 302 g/mol. The van der Waals surface area contributed by atoms with Gasteiger partial charge in [0.1, 0.15) is 23.8 Å². The van der Waals surface area contributed by atoms with Crippen LogP contribution in [0.3, 0.4) is 0 Å². The molecule has 0 aliphatic rings. The van der Waals surface area contributed by atoms with Gasteiger partial charge in [0.05, 0.1) is 12.4 Å². The van der Waals surface area contributed by atoms with E-state index >= 15 is 0 Å². The fourth-order valence-electron chi connectivity index (χ4n) is 2.19. The zero-order valence-electron chi connectivity index (χ0n) is 13.9. The molecule has 1 atom stereocenters. The average Bonchev–Trinajstić information content (AvgIpc) is 2.27. The van der Waals surface area contributed by atoms with Gasteiger partial charge in [-0.3, -0.25) is 0 Å². The van der Waals surface area contributed by atoms with Crippen molar-refractivity contribution in [3.8, 4) is 5.75 Å². The van der Waals surface area contributed by atoms with Crippen molar-refractivity contribution < 1.29 is 13.2 Å². The first-order chi connectivity index (χ1) is 9.52. The Morgan fingerprint density at radius 2 is 1.90 bits per heavy atom. The second kappa shape index (κ2) is 6.94. The summed E-state index contributed by atoms with van der Waals surface area (Å²) in [5.74, 6) is 0.928. The minimum absolute atomic E-state index is 0.103. The van der Waals surface area contributed by atoms with Crippen molar-refractivity contribution in [1.82, 2.24) is 4.98 Å². The van der Waals surface area contributed by atoms with Crippen LogP contribution in [-0.2, 0) is 9.84 Å². The number of ether oxygens (including phenoxy) is 1. The molecule has 21 heavy (non-hydrogen) atoms. The highest BCUT2D eigenvalue weighted by atomic mass is 32.2. The van der Waals surface area contributed by atoms with Crippen LogP contribution in [-0.4, -0.2) is 35.3 Å². The Morgan fingerprint density at radius 1 is 1.29 bits per heavy atom. The van der Waals surface area contributed by atoms with E-state index in [2.05, 4.69) is 24.6 Å². The second-order valence-corrected chi connectivity index (χ2v) is 13.5. The zero-order valence-corrected chi connectivity index (χ0v) is 15.7. The first-order valence-electron chi connectivity index (χ1n) is 7.20. The maximum atomic E-state index is 11.7. The minimum Gasteiger partial charge on any atom is -0.494 e. The Balaban J connectivity index is 3.16. The van der Waals surface area contributed by atoms with E-state index in [0.29, 0.717) is 6.61 Å². The normalized spacial score (nSPS) is 14.0. The number of benzene rings is 1. The molecule has 6 heteroatoms. The first kappa shape index (κ1) is 18.2. The van der Waals surface area contributed by atoms with E-state index in [0.717, 1.165) is 16.9 Å². The lowest BCUT2D eigenvalue weighted by molar-refractivity contribution is 0.337. The fraction of sp³-hybridized carbons (Fsp3) is 0.600. The van der Waals surface area contributed by atoms with Crippen molar-refractivity contribution >= 4 is 18.1 Å². The van der Waals surface area contributed by atoms with Gasteiger partial charge < -0.3 is 9.72 Å². The molecule has 0 aliphatic heterocycles. The van der Waals surface area contributed by atoms with Crippen molar-refractivity contribution in [1.29, 1.82) is 0 Å². The van der Waals surface area contributed by atoms with Crippen LogP contribution >= 0.6 is 0 Å². The van der Waals surface area contributed by atoms with E-state index in [4.69, 9.17) is 4.74 Å². The largest absolute Gasteiger partial charge is 0.494 e. The Bertz CT molecular complexity index is 579. The third kappa shape index (κ3) is 6.63. The number of rotatable bonds is 7. The van der Waals surface area contributed by atoms with E-state index in [-0.39, 0.29) is 11.8 Å². The maximum absolute atomic E-state index is 11.7. The zero-order chi connectivity index (χ0) is 16.3. The van der Waals surface area contributed by atoms with E-state index in [1.54, 1.807) is 0 Å². The summed E-state index contributed by atoms with van der Waals surface area (Å²) in [6.07, 6.45) is 1.28. The molecule has 0 aliphatic carbocycles. The SMILES string of the molecule is CCOc1cc(C(CS(C)(=O)=O)N[Si](C)(C)C)ccc1C. The molecule has 1 aromatic carbocycles. The molecule has 1 N–H and O–H groups in total. The van der Waals surface area contributed by atoms with Crippen LogP contribution in [0.2, 0.25) is 19.6 Å². The highest BCUT2D eigenvalue weighted by Gasteiger charge is 2.24. The Labute approximate surface area is 129 Å². The summed E-state index contributed by atoms with van der Waals surface area (Å²) in [5, 5.41) is 0. The van der Waals surface area contributed by atoms with Gasteiger partial charge in [-0.15, -0.1) is 0 Å². The minimum atomic E-state index is -3.06. The standard InChI is InChI=1S/C15H27NO3SSi/c1-7-19-15-10-13(9-8-12(15)2)14(11-20(3,17)18)16-21(4,5)6/h8-10,14,16H,7,11H2,1-6H3. The summed E-state index contributed by atoms with van der Waals surface area (Å²) >= 11 is 0. The van der Waals surface area contributed by atoms with Crippen LogP contribution in [0.1, 0.15) is 24.1 Å². The Kier molecular flexibility index (Phi) is 6.01. The average molecular weight is 330 g/mol. The van der Waals surface area contributed by atoms with Crippen molar-refractivity contribution in [2.75, 3.05) is 18.6 Å². The maximum Gasteiger partial charge on any atom is 0.149 e. The lowest BCUT2D eigenvalue weighted by atomic mass is 10.1. The molecule has 0 radical (unpaired) electrons. The van der Waals surface area contributed by atoms with E-state index in [1.807, 2.05) is 32.0 Å². The molecule has 1 aromatic rings. The monoisotopic (exact) mass is 329 g/mol. The topological polar surface area (TPSA) is 55.4 Å². The number of sulfone groups is 1. The summed E-state index contributed by atoms with van der Waals surface area (Å²) in [5.41, 5.74) is 2.03. The van der Waals surface area contributed by atoms with Crippen LogP contribution in [0.5, 0.6) is 5.75 Å². The van der Waals surface area contributed by atoms with E-state index < -0.39 is 18.1 Å². The first-order valence-corrected chi connectivity index (χ1v) is 12.8. The van der Waals surface area contributed by atoms with Crippen molar-refractivity contribution in [2.24, 2.45) is 0 Å². The van der Waals surface area contributed by atoms with Crippen molar-refractivity contribution in [2.45, 2.75) is 39.5 Å². The van der Waals surface area contributed by atoms with Crippen LogP contribution in [0.25, 0.3) is 0 Å². The smallest absolute Gasteiger partial charge is 0.149 e. The van der Waals surface area contributed by atoms with Gasteiger partial charge in [0.25, 0.3) is 0 Å². The van der Waals surface area contributed by atoms with Gasteiger partial charge in [-0.1, -0.05) is 31.8 Å². The predicted octanol–water partition coefficient (Wildman–Crippen LogP) is 2.90. The van der Waals surface area contributed by atoms with Crippen LogP contribution in [0.15, 0.2) is 18.2 Å². The molecule has 4 nitrogen and oxygen atoms in total. The summed E-state index contributed by atoms with van der Waals surface area (Å²) in [4.78, 5) is 3.52. The Morgan fingerprint density at radius 3 is 2.38 bits per heavy atom. The van der Waals surface area contributed by atoms with Crippen LogP contribution < -0.4 is 9.72 Å². The van der Waals surface area contributed by atoms with Gasteiger partial charge in [-0.2, -0.15) is 0 Å². The number of hydrogen-bond donors (Lipinski definition) is 1. The van der Waals surface area contributed by atoms with Gasteiger partial charge >= 0.3 is 0 Å². The second-order valence-electron chi connectivity index (χ2n) is 6.50. The molecule has 0 aromatic heterocycles. The molecule has 0 fully saturated rings. The predicted molar refractivity (Wildman–Crippen MR) is 91.3 cm³/mol. The molecule has 1 rings (SSSR count).